The first-order valence-corrected chi connectivity index (χ1v) is 17.6. The maximum atomic E-state index is 6.87. The van der Waals surface area contributed by atoms with Crippen molar-refractivity contribution in [1.82, 2.24) is 4.48 Å². The molecule has 3 nitrogen and oxygen atoms in total. The van der Waals surface area contributed by atoms with Crippen molar-refractivity contribution in [3.63, 3.8) is 0 Å². The molecule has 6 aromatic carbocycles. The van der Waals surface area contributed by atoms with Crippen LogP contribution in [-0.2, 0) is 0 Å². The van der Waals surface area contributed by atoms with E-state index >= 15 is 0 Å². The van der Waals surface area contributed by atoms with Crippen molar-refractivity contribution in [1.29, 1.82) is 0 Å². The lowest BCUT2D eigenvalue weighted by Crippen LogP contribution is -2.57. The predicted molar refractivity (Wildman–Crippen MR) is 194 cm³/mol. The van der Waals surface area contributed by atoms with Gasteiger partial charge in [-0.05, 0) is 46.3 Å². The van der Waals surface area contributed by atoms with Crippen molar-refractivity contribution in [3.8, 4) is 11.1 Å². The van der Waals surface area contributed by atoms with Gasteiger partial charge in [0.2, 0.25) is 0 Å². The molecular formula is C40H21BN2OS2. The van der Waals surface area contributed by atoms with Gasteiger partial charge in [-0.2, -0.15) is 0 Å². The second-order valence-corrected chi connectivity index (χ2v) is 15.3. The molecule has 0 bridgehead atoms. The van der Waals surface area contributed by atoms with Crippen molar-refractivity contribution in [2.45, 2.75) is 16.2 Å². The molecule has 13 rings (SSSR count). The van der Waals surface area contributed by atoms with Crippen LogP contribution < -0.4 is 15.8 Å². The summed E-state index contributed by atoms with van der Waals surface area (Å²) in [7, 11) is 0. The van der Waals surface area contributed by atoms with Crippen LogP contribution >= 0.6 is 23.1 Å². The summed E-state index contributed by atoms with van der Waals surface area (Å²) < 4.78 is 12.3. The van der Waals surface area contributed by atoms with Gasteiger partial charge in [-0.15, -0.1) is 11.3 Å². The summed E-state index contributed by atoms with van der Waals surface area (Å²) in [5, 5.41) is 5.35. The van der Waals surface area contributed by atoms with Crippen LogP contribution in [0.1, 0.15) is 17.0 Å². The molecule has 0 aliphatic carbocycles. The maximum Gasteiger partial charge on any atom is 0.333 e. The van der Waals surface area contributed by atoms with Crippen LogP contribution in [0.2, 0.25) is 0 Å². The molecule has 0 radical (unpaired) electrons. The Labute approximate surface area is 271 Å². The van der Waals surface area contributed by atoms with E-state index in [0.717, 1.165) is 11.2 Å². The average molecular weight is 621 g/mol. The minimum absolute atomic E-state index is 0.0424. The van der Waals surface area contributed by atoms with Gasteiger partial charge in [0.05, 0.1) is 15.6 Å². The second kappa shape index (κ2) is 7.72. The number of anilines is 2. The largest absolute Gasteiger partial charge is 0.455 e. The van der Waals surface area contributed by atoms with Crippen molar-refractivity contribution in [3.05, 3.63) is 126 Å². The van der Waals surface area contributed by atoms with Gasteiger partial charge < -0.3 is 13.8 Å². The third kappa shape index (κ3) is 2.45. The summed E-state index contributed by atoms with van der Waals surface area (Å²) in [6.07, 6.45) is 0. The highest BCUT2D eigenvalue weighted by Crippen LogP contribution is 2.61. The quantitative estimate of drug-likeness (QED) is 0.158. The molecule has 46 heavy (non-hydrogen) atoms. The predicted octanol–water partition coefficient (Wildman–Crippen LogP) is 9.57. The summed E-state index contributed by atoms with van der Waals surface area (Å²) in [6.45, 7) is 0.0424. The van der Waals surface area contributed by atoms with Crippen LogP contribution in [0.5, 0.6) is 0 Å². The van der Waals surface area contributed by atoms with E-state index in [-0.39, 0.29) is 12.2 Å². The first-order valence-electron chi connectivity index (χ1n) is 16.0. The lowest BCUT2D eigenvalue weighted by molar-refractivity contribution is 0.670. The fraction of sp³-hybridized carbons (Fsp3) is 0.0500. The molecule has 0 spiro atoms. The van der Waals surface area contributed by atoms with Gasteiger partial charge in [-0.3, -0.25) is 0 Å². The number of thiophene rings is 1. The number of hydrogen-bond acceptors (Lipinski definition) is 4. The standard InChI is InChI=1S/C40H21BN2OS2/c1-4-16-29-20(9-1)26-19-28-34-33(38(26)44-29)24-12-7-14-25-35(24)43(37-22-11-3-6-18-31(22)45-39(25)37)41(34)27-15-8-13-23-32-21-10-2-5-17-30(21)46-40(32)42(28)36(23)27/h1-19,32,40H. The Bertz CT molecular complexity index is 2900. The van der Waals surface area contributed by atoms with E-state index in [0.29, 0.717) is 5.92 Å². The van der Waals surface area contributed by atoms with E-state index < -0.39 is 0 Å². The van der Waals surface area contributed by atoms with Crippen molar-refractivity contribution in [2.75, 3.05) is 4.90 Å². The summed E-state index contributed by atoms with van der Waals surface area (Å²) in [4.78, 5) is 4.12. The molecule has 4 aliphatic heterocycles. The first kappa shape index (κ1) is 23.4. The number of benzene rings is 6. The summed E-state index contributed by atoms with van der Waals surface area (Å²) in [5.74, 6) is 0.331. The normalized spacial score (nSPS) is 18.3. The Morgan fingerprint density at radius 1 is 0.696 bits per heavy atom. The third-order valence-electron chi connectivity index (χ3n) is 11.1. The van der Waals surface area contributed by atoms with Gasteiger partial charge in [0, 0.05) is 65.1 Å². The molecule has 4 aliphatic rings. The topological polar surface area (TPSA) is 21.3 Å². The average Bonchev–Trinajstić information content (AvgIpc) is 3.89. The molecule has 2 unspecified atom stereocenters. The third-order valence-corrected chi connectivity index (χ3v) is 13.6. The fourth-order valence-electron chi connectivity index (χ4n) is 9.47. The molecule has 0 N–H and O–H groups in total. The van der Waals surface area contributed by atoms with E-state index in [2.05, 4.69) is 125 Å². The van der Waals surface area contributed by atoms with Gasteiger partial charge in [0.15, 0.2) is 0 Å². The van der Waals surface area contributed by atoms with Crippen LogP contribution in [0.4, 0.5) is 11.4 Å². The zero-order chi connectivity index (χ0) is 29.4. The van der Waals surface area contributed by atoms with Crippen LogP contribution in [0, 0.1) is 0 Å². The number of rotatable bonds is 0. The zero-order valence-electron chi connectivity index (χ0n) is 24.3. The van der Waals surface area contributed by atoms with E-state index in [9.17, 15) is 0 Å². The van der Waals surface area contributed by atoms with Gasteiger partial charge >= 0.3 is 6.85 Å². The minimum Gasteiger partial charge on any atom is -0.455 e. The van der Waals surface area contributed by atoms with E-state index in [1.54, 1.807) is 0 Å². The summed E-state index contributed by atoms with van der Waals surface area (Å²) in [5.41, 5.74) is 15.6. The van der Waals surface area contributed by atoms with Crippen LogP contribution in [0.3, 0.4) is 0 Å². The molecular weight excluding hydrogens is 599 g/mol. The number of para-hydroxylation sites is 3. The molecule has 9 aromatic rings. The van der Waals surface area contributed by atoms with Crippen LogP contribution in [0.25, 0.3) is 64.3 Å². The molecule has 3 aromatic heterocycles. The molecule has 7 heterocycles. The monoisotopic (exact) mass is 620 g/mol. The van der Waals surface area contributed by atoms with E-state index in [1.165, 1.54) is 91.4 Å². The van der Waals surface area contributed by atoms with Crippen molar-refractivity contribution in [2.24, 2.45) is 0 Å². The number of hydrogen-bond donors (Lipinski definition) is 0. The Morgan fingerprint density at radius 2 is 1.50 bits per heavy atom. The first-order chi connectivity index (χ1) is 22.8. The van der Waals surface area contributed by atoms with Gasteiger partial charge in [-0.1, -0.05) is 103 Å². The Hall–Kier alpha value is -4.91. The SMILES string of the molecule is c1ccc2c(c1)SC1C2c2cccc3c2N1c1cc2c(oc4ccccc42)c2c1B3n1c3c-2cccc3c2sc3ccccc3c21. The summed E-state index contributed by atoms with van der Waals surface area (Å²) in [6, 6.07) is 43.1. The highest BCUT2D eigenvalue weighted by molar-refractivity contribution is 8.00. The Kier molecular flexibility index (Phi) is 3.93. The number of furan rings is 1. The Balaban J connectivity index is 1.27. The maximum absolute atomic E-state index is 6.87. The smallest absolute Gasteiger partial charge is 0.333 e. The van der Waals surface area contributed by atoms with Gasteiger partial charge in [-0.25, -0.2) is 0 Å². The van der Waals surface area contributed by atoms with Crippen molar-refractivity contribution < 1.29 is 4.42 Å². The molecule has 6 heteroatoms. The van der Waals surface area contributed by atoms with Crippen molar-refractivity contribution >= 4 is 105 Å². The van der Waals surface area contributed by atoms with Crippen LogP contribution in [0.15, 0.2) is 125 Å². The second-order valence-electron chi connectivity index (χ2n) is 13.1. The summed E-state index contributed by atoms with van der Waals surface area (Å²) >= 11 is 3.96. The zero-order valence-corrected chi connectivity index (χ0v) is 26.0. The molecule has 212 valence electrons. The highest BCUT2D eigenvalue weighted by atomic mass is 32.2. The van der Waals surface area contributed by atoms with E-state index in [1.807, 2.05) is 23.1 Å². The van der Waals surface area contributed by atoms with Gasteiger partial charge in [0.1, 0.15) is 11.2 Å². The lowest BCUT2D eigenvalue weighted by Gasteiger charge is -2.40. The fourth-order valence-corrected chi connectivity index (χ4v) is 12.2. The molecule has 0 amide bonds. The number of fused-ring (bicyclic) bond motifs is 18. The number of nitrogens with zero attached hydrogens (tertiary/aromatic N) is 2. The molecule has 2 atom stereocenters. The Morgan fingerprint density at radius 3 is 2.48 bits per heavy atom. The molecule has 0 saturated carbocycles. The number of aromatic nitrogens is 1. The number of thioether (sulfide) groups is 1. The van der Waals surface area contributed by atoms with Crippen LogP contribution in [-0.4, -0.2) is 16.7 Å². The lowest BCUT2D eigenvalue weighted by atomic mass is 9.45. The van der Waals surface area contributed by atoms with Gasteiger partial charge in [0.25, 0.3) is 0 Å². The molecule has 0 fully saturated rings. The van der Waals surface area contributed by atoms with E-state index in [4.69, 9.17) is 4.42 Å². The minimum atomic E-state index is 0.0424. The molecule has 0 saturated heterocycles. The highest BCUT2D eigenvalue weighted by Gasteiger charge is 2.53.